The summed E-state index contributed by atoms with van der Waals surface area (Å²) in [5, 5.41) is 41.1. The summed E-state index contributed by atoms with van der Waals surface area (Å²) in [6, 6.07) is 0. The molecule has 0 saturated heterocycles. The molecule has 0 spiro atoms. The molecule has 7 atom stereocenters. The number of hydrogen-bond acceptors (Lipinski definition) is 9. The van der Waals surface area contributed by atoms with Crippen LogP contribution in [0.15, 0.2) is 12.2 Å². The number of aliphatic hydroxyl groups excluding tert-OH is 4. The minimum absolute atomic E-state index is 0.0424. The average Bonchev–Trinajstić information content (AvgIpc) is 3.34. The van der Waals surface area contributed by atoms with E-state index in [4.69, 9.17) is 9.47 Å². The van der Waals surface area contributed by atoms with E-state index in [2.05, 4.69) is 20.8 Å². The zero-order valence-electron chi connectivity index (χ0n) is 31.2. The molecule has 0 radical (unpaired) electrons. The van der Waals surface area contributed by atoms with Crippen LogP contribution in [0.5, 0.6) is 0 Å². The van der Waals surface area contributed by atoms with Gasteiger partial charge in [-0.25, -0.2) is 0 Å². The minimum Gasteiger partial charge on any atom is -0.463 e. The zero-order chi connectivity index (χ0) is 36.3. The number of unbranched alkanes of at least 4 members (excludes halogenated alkanes) is 12. The lowest BCUT2D eigenvalue weighted by molar-refractivity contribution is -0.152. The Bertz CT molecular complexity index is 891. The molecule has 0 aromatic heterocycles. The summed E-state index contributed by atoms with van der Waals surface area (Å²) in [4.78, 5) is 36.7. The second kappa shape index (κ2) is 28.8. The molecule has 286 valence electrons. The molecule has 0 amide bonds. The van der Waals surface area contributed by atoms with Crippen molar-refractivity contribution in [1.29, 1.82) is 0 Å². The lowest BCUT2D eigenvalue weighted by Gasteiger charge is -2.20. The molecule has 1 aliphatic rings. The maximum Gasteiger partial charge on any atom is 0.305 e. The Labute approximate surface area is 297 Å². The molecule has 0 aromatic rings. The van der Waals surface area contributed by atoms with E-state index < -0.39 is 36.3 Å². The van der Waals surface area contributed by atoms with Gasteiger partial charge in [0.1, 0.15) is 25.1 Å². The number of aliphatic hydroxyl groups is 4. The van der Waals surface area contributed by atoms with Gasteiger partial charge in [0, 0.05) is 43.9 Å². The molecule has 0 bridgehead atoms. The average molecular weight is 697 g/mol. The Hall–Kier alpha value is -1.81. The molecule has 49 heavy (non-hydrogen) atoms. The second-order valence-electron chi connectivity index (χ2n) is 14.6. The van der Waals surface area contributed by atoms with Gasteiger partial charge in [-0.15, -0.1) is 0 Å². The molecule has 1 unspecified atom stereocenters. The van der Waals surface area contributed by atoms with Crippen molar-refractivity contribution >= 4 is 17.7 Å². The standard InChI is InChI=1S/C40H72O9/c1-4-6-15-21-32(41)25-26-35-36(38(45)28-37(35)44)27-33(42)22-18-19-24-40(47)49-30-34(43)29-48-39(46)23-17-14-12-10-8-7-9-11-13-16-20-31(3)5-2/h25-26,31-32,34-38,41,43-45H,4-24,27-30H2,1-3H3/b26-25+/t31?,32-,34-,35+,36+,37+,38-/m0/s1. The Morgan fingerprint density at radius 2 is 1.20 bits per heavy atom. The van der Waals surface area contributed by atoms with Gasteiger partial charge in [-0.05, 0) is 31.6 Å². The third-order valence-corrected chi connectivity index (χ3v) is 10.0. The van der Waals surface area contributed by atoms with Gasteiger partial charge in [0.05, 0.1) is 18.3 Å². The van der Waals surface area contributed by atoms with E-state index in [0.29, 0.717) is 25.7 Å². The third kappa shape index (κ3) is 23.3. The topological polar surface area (TPSA) is 151 Å². The molecule has 1 rings (SSSR count). The lowest BCUT2D eigenvalue weighted by Crippen LogP contribution is -2.25. The molecule has 1 saturated carbocycles. The fraction of sp³-hybridized carbons (Fsp3) is 0.875. The predicted molar refractivity (Wildman–Crippen MR) is 194 cm³/mol. The summed E-state index contributed by atoms with van der Waals surface area (Å²) >= 11 is 0. The second-order valence-corrected chi connectivity index (χ2v) is 14.6. The summed E-state index contributed by atoms with van der Waals surface area (Å²) in [6.45, 7) is 6.22. The van der Waals surface area contributed by atoms with Crippen LogP contribution in [0, 0.1) is 17.8 Å². The monoisotopic (exact) mass is 697 g/mol. The number of esters is 2. The van der Waals surface area contributed by atoms with E-state index in [0.717, 1.165) is 44.4 Å². The number of hydrogen-bond donors (Lipinski definition) is 4. The van der Waals surface area contributed by atoms with E-state index in [-0.39, 0.29) is 56.6 Å². The van der Waals surface area contributed by atoms with Crippen LogP contribution < -0.4 is 0 Å². The minimum atomic E-state index is -1.09. The van der Waals surface area contributed by atoms with Crippen molar-refractivity contribution in [2.75, 3.05) is 13.2 Å². The predicted octanol–water partition coefficient (Wildman–Crippen LogP) is 7.54. The van der Waals surface area contributed by atoms with Crippen molar-refractivity contribution in [1.82, 2.24) is 0 Å². The highest BCUT2D eigenvalue weighted by molar-refractivity contribution is 5.79. The zero-order valence-corrected chi connectivity index (χ0v) is 31.2. The molecule has 1 fully saturated rings. The number of carbonyl (C=O) groups is 3. The first-order valence-corrected chi connectivity index (χ1v) is 19.8. The highest BCUT2D eigenvalue weighted by Crippen LogP contribution is 2.36. The van der Waals surface area contributed by atoms with Crippen LogP contribution in [0.2, 0.25) is 0 Å². The fourth-order valence-electron chi connectivity index (χ4n) is 6.53. The van der Waals surface area contributed by atoms with E-state index in [9.17, 15) is 34.8 Å². The maximum atomic E-state index is 12.6. The number of rotatable bonds is 31. The summed E-state index contributed by atoms with van der Waals surface area (Å²) < 4.78 is 10.2. The first-order valence-electron chi connectivity index (χ1n) is 19.8. The summed E-state index contributed by atoms with van der Waals surface area (Å²) in [5.74, 6) is -0.816. The Balaban J connectivity index is 2.08. The van der Waals surface area contributed by atoms with Crippen molar-refractivity contribution in [2.45, 2.75) is 193 Å². The van der Waals surface area contributed by atoms with Gasteiger partial charge < -0.3 is 29.9 Å². The van der Waals surface area contributed by atoms with Gasteiger partial charge >= 0.3 is 11.9 Å². The molecule has 0 heterocycles. The van der Waals surface area contributed by atoms with Crippen LogP contribution in [0.1, 0.15) is 168 Å². The number of carbonyl (C=O) groups excluding carboxylic acids is 3. The molecule has 1 aliphatic carbocycles. The van der Waals surface area contributed by atoms with Crippen LogP contribution in [0.4, 0.5) is 0 Å². The third-order valence-electron chi connectivity index (χ3n) is 10.0. The van der Waals surface area contributed by atoms with Gasteiger partial charge in [-0.2, -0.15) is 0 Å². The fourth-order valence-corrected chi connectivity index (χ4v) is 6.53. The maximum absolute atomic E-state index is 12.6. The summed E-state index contributed by atoms with van der Waals surface area (Å²) in [6.07, 6.45) is 20.4. The smallest absolute Gasteiger partial charge is 0.305 e. The molecule has 0 aliphatic heterocycles. The summed E-state index contributed by atoms with van der Waals surface area (Å²) in [5.41, 5.74) is 0. The van der Waals surface area contributed by atoms with E-state index in [1.807, 2.05) is 0 Å². The van der Waals surface area contributed by atoms with Crippen LogP contribution in [0.3, 0.4) is 0 Å². The van der Waals surface area contributed by atoms with Crippen molar-refractivity contribution in [3.05, 3.63) is 12.2 Å². The van der Waals surface area contributed by atoms with Crippen molar-refractivity contribution in [3.63, 3.8) is 0 Å². The molecular weight excluding hydrogens is 624 g/mol. The number of Topliss-reactive ketones (excluding diaryl/α,β-unsaturated/α-hetero) is 1. The quantitative estimate of drug-likeness (QED) is 0.0328. The molecular formula is C40H72O9. The Morgan fingerprint density at radius 1 is 0.694 bits per heavy atom. The normalized spacial score (nSPS) is 21.1. The van der Waals surface area contributed by atoms with E-state index >= 15 is 0 Å². The SMILES string of the molecule is CCCCC[C@H](O)/C=C/[C@@H]1[C@@H](CC(=O)CCCCC(=O)OC[C@@H](O)COC(=O)CCCCCCCCCCCCC(C)CC)[C@@H](O)C[C@H]1O. The highest BCUT2D eigenvalue weighted by Gasteiger charge is 2.41. The molecule has 9 nitrogen and oxygen atoms in total. The van der Waals surface area contributed by atoms with Gasteiger partial charge in [0.2, 0.25) is 0 Å². The van der Waals surface area contributed by atoms with Gasteiger partial charge in [-0.3, -0.25) is 14.4 Å². The summed E-state index contributed by atoms with van der Waals surface area (Å²) in [7, 11) is 0. The van der Waals surface area contributed by atoms with Crippen molar-refractivity contribution < 1.29 is 44.3 Å². The van der Waals surface area contributed by atoms with Crippen molar-refractivity contribution in [3.8, 4) is 0 Å². The van der Waals surface area contributed by atoms with Gasteiger partial charge in [0.25, 0.3) is 0 Å². The number of ketones is 1. The van der Waals surface area contributed by atoms with Crippen LogP contribution in [0.25, 0.3) is 0 Å². The van der Waals surface area contributed by atoms with E-state index in [1.165, 1.54) is 57.8 Å². The Morgan fingerprint density at radius 3 is 1.78 bits per heavy atom. The van der Waals surface area contributed by atoms with Gasteiger partial charge in [-0.1, -0.05) is 123 Å². The first-order chi connectivity index (χ1) is 23.6. The molecule has 4 N–H and O–H groups in total. The Kier molecular flexibility index (Phi) is 26.6. The van der Waals surface area contributed by atoms with Crippen molar-refractivity contribution in [2.24, 2.45) is 17.8 Å². The van der Waals surface area contributed by atoms with Crippen LogP contribution >= 0.6 is 0 Å². The van der Waals surface area contributed by atoms with Crippen LogP contribution in [-0.2, 0) is 23.9 Å². The van der Waals surface area contributed by atoms with Crippen LogP contribution in [-0.4, -0.2) is 75.8 Å². The molecule has 9 heteroatoms. The molecule has 0 aromatic carbocycles. The largest absolute Gasteiger partial charge is 0.463 e. The first kappa shape index (κ1) is 45.2. The highest BCUT2D eigenvalue weighted by atomic mass is 16.6. The number of ether oxygens (including phenoxy) is 2. The van der Waals surface area contributed by atoms with E-state index in [1.54, 1.807) is 12.2 Å². The van der Waals surface area contributed by atoms with Gasteiger partial charge in [0.15, 0.2) is 0 Å². The lowest BCUT2D eigenvalue weighted by atomic mass is 9.87.